The molecule has 2 rings (SSSR count). The highest BCUT2D eigenvalue weighted by Gasteiger charge is 2.29. The monoisotopic (exact) mass is 296 g/mol. The molecule has 6 heteroatoms. The number of rotatable bonds is 7. The van der Waals surface area contributed by atoms with Crippen molar-refractivity contribution in [3.8, 4) is 0 Å². The van der Waals surface area contributed by atoms with E-state index in [1.807, 2.05) is 0 Å². The van der Waals surface area contributed by atoms with Gasteiger partial charge in [0.25, 0.3) is 0 Å². The summed E-state index contributed by atoms with van der Waals surface area (Å²) in [6.45, 7) is 4.47. The van der Waals surface area contributed by atoms with Crippen molar-refractivity contribution in [2.75, 3.05) is 13.7 Å². The normalized spacial score (nSPS) is 16.1. The van der Waals surface area contributed by atoms with E-state index in [0.29, 0.717) is 23.2 Å². The summed E-state index contributed by atoms with van der Waals surface area (Å²) in [7, 11) is 1.67. The Morgan fingerprint density at radius 1 is 1.50 bits per heavy atom. The van der Waals surface area contributed by atoms with Gasteiger partial charge in [-0.1, -0.05) is 6.92 Å². The van der Waals surface area contributed by atoms with E-state index in [1.165, 1.54) is 11.8 Å². The Kier molecular flexibility index (Phi) is 4.99. The van der Waals surface area contributed by atoms with Gasteiger partial charge in [-0.05, 0) is 26.2 Å². The minimum Gasteiger partial charge on any atom is -0.478 e. The van der Waals surface area contributed by atoms with Crippen LogP contribution in [0.25, 0.3) is 0 Å². The predicted molar refractivity (Wildman–Crippen MR) is 77.5 cm³/mol. The largest absolute Gasteiger partial charge is 0.478 e. The molecule has 5 nitrogen and oxygen atoms in total. The van der Waals surface area contributed by atoms with Gasteiger partial charge in [-0.15, -0.1) is 11.8 Å². The molecule has 1 N–H and O–H groups in total. The van der Waals surface area contributed by atoms with Crippen LogP contribution in [0.1, 0.15) is 54.0 Å². The van der Waals surface area contributed by atoms with E-state index in [9.17, 15) is 9.90 Å². The molecule has 1 fully saturated rings. The molecule has 1 atom stereocenters. The number of carboxylic acids is 1. The van der Waals surface area contributed by atoms with Gasteiger partial charge in [0, 0.05) is 24.9 Å². The van der Waals surface area contributed by atoms with E-state index in [2.05, 4.69) is 16.9 Å². The first kappa shape index (κ1) is 15.3. The highest BCUT2D eigenvalue weighted by molar-refractivity contribution is 7.99. The summed E-state index contributed by atoms with van der Waals surface area (Å²) in [6, 6.07) is 0. The first-order valence-electron chi connectivity index (χ1n) is 6.80. The summed E-state index contributed by atoms with van der Waals surface area (Å²) in [5, 5.41) is 10.2. The molecule has 0 radical (unpaired) electrons. The van der Waals surface area contributed by atoms with Crippen LogP contribution in [0.4, 0.5) is 0 Å². The van der Waals surface area contributed by atoms with E-state index in [0.717, 1.165) is 25.1 Å². The number of hydrogen-bond donors (Lipinski definition) is 1. The fraction of sp³-hybridized carbons (Fsp3) is 0.643. The second kappa shape index (κ2) is 6.54. The number of methoxy groups -OCH3 is 1. The number of carboxylic acid groups (broad SMARTS) is 1. The lowest BCUT2D eigenvalue weighted by Crippen LogP contribution is -2.11. The Hall–Kier alpha value is -1.14. The fourth-order valence-electron chi connectivity index (χ4n) is 1.96. The maximum atomic E-state index is 11.4. The van der Waals surface area contributed by atoms with Crippen LogP contribution < -0.4 is 0 Å². The average molecular weight is 296 g/mol. The van der Waals surface area contributed by atoms with Crippen molar-refractivity contribution < 1.29 is 14.6 Å². The second-order valence-corrected chi connectivity index (χ2v) is 6.56. The first-order valence-corrected chi connectivity index (χ1v) is 7.68. The van der Waals surface area contributed by atoms with Gasteiger partial charge in [0.05, 0.1) is 5.69 Å². The van der Waals surface area contributed by atoms with Crippen molar-refractivity contribution in [1.29, 1.82) is 0 Å². The number of ether oxygens (including phenoxy) is 1. The topological polar surface area (TPSA) is 72.3 Å². The Morgan fingerprint density at radius 2 is 2.20 bits per heavy atom. The third-order valence-corrected chi connectivity index (χ3v) is 4.43. The average Bonchev–Trinajstić information content (AvgIpc) is 3.19. The molecule has 1 aromatic heterocycles. The van der Waals surface area contributed by atoms with E-state index in [-0.39, 0.29) is 10.8 Å². The third kappa shape index (κ3) is 3.70. The van der Waals surface area contributed by atoms with E-state index in [1.54, 1.807) is 14.0 Å². The van der Waals surface area contributed by atoms with Gasteiger partial charge in [-0.25, -0.2) is 14.8 Å². The lowest BCUT2D eigenvalue weighted by molar-refractivity contribution is 0.0690. The zero-order valence-electron chi connectivity index (χ0n) is 12.0. The zero-order valence-corrected chi connectivity index (χ0v) is 12.9. The summed E-state index contributed by atoms with van der Waals surface area (Å²) in [4.78, 5) is 20.3. The van der Waals surface area contributed by atoms with Crippen LogP contribution >= 0.6 is 11.8 Å². The molecule has 1 aromatic rings. The van der Waals surface area contributed by atoms with E-state index in [4.69, 9.17) is 4.74 Å². The molecule has 0 amide bonds. The Bertz CT molecular complexity index is 503. The number of aromatic nitrogens is 2. The molecule has 1 unspecified atom stereocenters. The fourth-order valence-corrected chi connectivity index (χ4v) is 3.05. The third-order valence-electron chi connectivity index (χ3n) is 3.27. The van der Waals surface area contributed by atoms with Crippen molar-refractivity contribution >= 4 is 17.7 Å². The van der Waals surface area contributed by atoms with Crippen LogP contribution in [0.3, 0.4) is 0 Å². The lowest BCUT2D eigenvalue weighted by Gasteiger charge is -2.14. The summed E-state index contributed by atoms with van der Waals surface area (Å²) < 4.78 is 5.06. The number of thioether (sulfide) groups is 1. The zero-order chi connectivity index (χ0) is 14.7. The molecule has 1 aliphatic rings. The van der Waals surface area contributed by atoms with Crippen LogP contribution in [0.5, 0.6) is 0 Å². The molecule has 0 spiro atoms. The smallest absolute Gasteiger partial charge is 0.340 e. The predicted octanol–water partition coefficient (Wildman–Crippen LogP) is 2.88. The number of aromatic carboxylic acids is 1. The molecule has 0 aliphatic heterocycles. The highest BCUT2D eigenvalue weighted by atomic mass is 32.2. The number of carbonyl (C=O) groups is 1. The maximum Gasteiger partial charge on any atom is 0.340 e. The van der Waals surface area contributed by atoms with Crippen LogP contribution in [0.15, 0.2) is 5.03 Å². The number of aryl methyl sites for hydroxylation is 1. The summed E-state index contributed by atoms with van der Waals surface area (Å²) in [5.41, 5.74) is 0.805. The molecule has 20 heavy (non-hydrogen) atoms. The van der Waals surface area contributed by atoms with Gasteiger partial charge >= 0.3 is 5.97 Å². The van der Waals surface area contributed by atoms with Gasteiger partial charge in [0.15, 0.2) is 0 Å². The van der Waals surface area contributed by atoms with Gasteiger partial charge < -0.3 is 9.84 Å². The van der Waals surface area contributed by atoms with E-state index < -0.39 is 5.97 Å². The first-order chi connectivity index (χ1) is 9.52. The molecule has 1 saturated carbocycles. The lowest BCUT2D eigenvalue weighted by atomic mass is 10.2. The quantitative estimate of drug-likeness (QED) is 0.616. The van der Waals surface area contributed by atoms with Gasteiger partial charge in [0.2, 0.25) is 0 Å². The van der Waals surface area contributed by atoms with Crippen molar-refractivity contribution in [3.63, 3.8) is 0 Å². The van der Waals surface area contributed by atoms with Crippen molar-refractivity contribution in [2.45, 2.75) is 49.3 Å². The maximum absolute atomic E-state index is 11.4. The van der Waals surface area contributed by atoms with Crippen molar-refractivity contribution in [3.05, 3.63) is 17.1 Å². The van der Waals surface area contributed by atoms with Crippen molar-refractivity contribution in [1.82, 2.24) is 9.97 Å². The Balaban J connectivity index is 2.25. The summed E-state index contributed by atoms with van der Waals surface area (Å²) >= 11 is 1.50. The molecule has 110 valence electrons. The van der Waals surface area contributed by atoms with Gasteiger partial charge in [0.1, 0.15) is 16.4 Å². The summed E-state index contributed by atoms with van der Waals surface area (Å²) in [5.74, 6) is 0.269. The molecule has 0 aromatic carbocycles. The van der Waals surface area contributed by atoms with Crippen LogP contribution in [-0.4, -0.2) is 40.0 Å². The SMILES string of the molecule is COCCC(C)Sc1nc(C2CC2)nc(C)c1C(=O)O. The minimum atomic E-state index is -0.953. The van der Waals surface area contributed by atoms with Crippen LogP contribution in [0.2, 0.25) is 0 Å². The van der Waals surface area contributed by atoms with Crippen LogP contribution in [-0.2, 0) is 4.74 Å². The molecule has 1 heterocycles. The highest BCUT2D eigenvalue weighted by Crippen LogP contribution is 2.39. The van der Waals surface area contributed by atoms with E-state index >= 15 is 0 Å². The minimum absolute atomic E-state index is 0.240. The molecular formula is C14H20N2O3S. The molecular weight excluding hydrogens is 276 g/mol. The Morgan fingerprint density at radius 3 is 2.75 bits per heavy atom. The standard InChI is InChI=1S/C14H20N2O3S/c1-8(6-7-19-3)20-13-11(14(17)18)9(2)15-12(16-13)10-4-5-10/h8,10H,4-7H2,1-3H3,(H,17,18). The van der Waals surface area contributed by atoms with Gasteiger partial charge in [-0.3, -0.25) is 0 Å². The molecule has 0 bridgehead atoms. The summed E-state index contributed by atoms with van der Waals surface area (Å²) in [6.07, 6.45) is 3.08. The Labute approximate surface area is 123 Å². The number of hydrogen-bond acceptors (Lipinski definition) is 5. The van der Waals surface area contributed by atoms with Gasteiger partial charge in [-0.2, -0.15) is 0 Å². The van der Waals surface area contributed by atoms with Crippen molar-refractivity contribution in [2.24, 2.45) is 0 Å². The molecule has 0 saturated heterocycles. The molecule has 1 aliphatic carbocycles. The number of nitrogens with zero attached hydrogens (tertiary/aromatic N) is 2. The second-order valence-electron chi connectivity index (χ2n) is 5.14. The van der Waals surface area contributed by atoms with Crippen LogP contribution in [0, 0.1) is 6.92 Å².